The molecule has 1 aliphatic carbocycles. The zero-order valence-corrected chi connectivity index (χ0v) is 21.2. The van der Waals surface area contributed by atoms with Gasteiger partial charge in [0, 0.05) is 24.2 Å². The standard InChI is InChI=1S/C28H29ClN4O2/c1-27(2,3)35-26(34)32-28(15-8-16-28)20-13-11-19(12-14-20)23-22(18-9-6-5-7-10-18)21-17-30-25(29)31-24(21)33(23)4/h5-7,9-14,17H,8,15-16H2,1-4H3,(H,32,34). The van der Waals surface area contributed by atoms with E-state index in [0.29, 0.717) is 0 Å². The van der Waals surface area contributed by atoms with E-state index in [9.17, 15) is 4.79 Å². The number of benzene rings is 2. The quantitative estimate of drug-likeness (QED) is 0.318. The van der Waals surface area contributed by atoms with Crippen molar-refractivity contribution < 1.29 is 9.53 Å². The summed E-state index contributed by atoms with van der Waals surface area (Å²) in [6.45, 7) is 5.63. The molecule has 0 atom stereocenters. The Hall–Kier alpha value is -3.38. The fourth-order valence-corrected chi connectivity index (χ4v) is 5.01. The van der Waals surface area contributed by atoms with Crippen LogP contribution in [0.5, 0.6) is 0 Å². The van der Waals surface area contributed by atoms with Gasteiger partial charge in [0.25, 0.3) is 0 Å². The van der Waals surface area contributed by atoms with E-state index >= 15 is 0 Å². The van der Waals surface area contributed by atoms with Crippen LogP contribution in [-0.4, -0.2) is 26.2 Å². The Balaban J connectivity index is 1.56. The second-order valence-electron chi connectivity index (χ2n) is 10.2. The summed E-state index contributed by atoms with van der Waals surface area (Å²) < 4.78 is 7.60. The van der Waals surface area contributed by atoms with E-state index in [1.165, 1.54) is 0 Å². The Morgan fingerprint density at radius 2 is 1.74 bits per heavy atom. The van der Waals surface area contributed by atoms with Gasteiger partial charge in [0.15, 0.2) is 0 Å². The minimum absolute atomic E-state index is 0.222. The molecule has 0 unspecified atom stereocenters. The number of aromatic nitrogens is 3. The molecule has 1 aliphatic rings. The molecule has 0 aliphatic heterocycles. The molecule has 7 heteroatoms. The first-order valence-corrected chi connectivity index (χ1v) is 12.2. The van der Waals surface area contributed by atoms with Gasteiger partial charge < -0.3 is 14.6 Å². The summed E-state index contributed by atoms with van der Waals surface area (Å²) in [5, 5.41) is 4.31. The summed E-state index contributed by atoms with van der Waals surface area (Å²) in [6, 6.07) is 18.7. The normalized spacial score (nSPS) is 15.0. The van der Waals surface area contributed by atoms with Crippen LogP contribution in [0, 0.1) is 0 Å². The first-order chi connectivity index (χ1) is 16.7. The van der Waals surface area contributed by atoms with Crippen molar-refractivity contribution in [3.8, 4) is 22.4 Å². The number of carbonyl (C=O) groups is 1. The minimum atomic E-state index is -0.535. The molecule has 1 amide bonds. The lowest BCUT2D eigenvalue weighted by atomic mass is 9.71. The highest BCUT2D eigenvalue weighted by Crippen LogP contribution is 2.44. The number of carbonyl (C=O) groups excluding carboxylic acids is 1. The number of fused-ring (bicyclic) bond motifs is 1. The van der Waals surface area contributed by atoms with Gasteiger partial charge in [0.05, 0.1) is 11.2 Å². The van der Waals surface area contributed by atoms with Crippen LogP contribution in [-0.2, 0) is 17.3 Å². The van der Waals surface area contributed by atoms with Crippen LogP contribution >= 0.6 is 11.6 Å². The van der Waals surface area contributed by atoms with Gasteiger partial charge in [-0.15, -0.1) is 0 Å². The third kappa shape index (κ3) is 4.39. The third-order valence-corrected chi connectivity index (χ3v) is 6.80. The lowest BCUT2D eigenvalue weighted by molar-refractivity contribution is 0.0377. The predicted octanol–water partition coefficient (Wildman–Crippen LogP) is 6.86. The van der Waals surface area contributed by atoms with Crippen molar-refractivity contribution >= 4 is 28.7 Å². The molecular formula is C28H29ClN4O2. The molecule has 1 fully saturated rings. The zero-order chi connectivity index (χ0) is 24.8. The molecule has 6 nitrogen and oxygen atoms in total. The number of ether oxygens (including phenoxy) is 1. The SMILES string of the molecule is Cn1c(-c2ccc(C3(NC(=O)OC(C)(C)C)CCC3)cc2)c(-c2ccccc2)c2cnc(Cl)nc21. The van der Waals surface area contributed by atoms with Gasteiger partial charge in [-0.2, -0.15) is 4.98 Å². The highest BCUT2D eigenvalue weighted by atomic mass is 35.5. The number of rotatable bonds is 4. The van der Waals surface area contributed by atoms with Gasteiger partial charge in [0.2, 0.25) is 5.28 Å². The van der Waals surface area contributed by atoms with Crippen molar-refractivity contribution in [3.05, 3.63) is 71.6 Å². The summed E-state index contributed by atoms with van der Waals surface area (Å²) in [7, 11) is 2.00. The maximum atomic E-state index is 12.5. The summed E-state index contributed by atoms with van der Waals surface area (Å²) in [5.41, 5.74) is 5.19. The molecule has 0 bridgehead atoms. The van der Waals surface area contributed by atoms with Crippen molar-refractivity contribution in [2.75, 3.05) is 0 Å². The topological polar surface area (TPSA) is 69.0 Å². The molecule has 4 aromatic rings. The average molecular weight is 489 g/mol. The number of hydrogen-bond acceptors (Lipinski definition) is 4. The van der Waals surface area contributed by atoms with Gasteiger partial charge in [-0.05, 0) is 68.3 Å². The van der Waals surface area contributed by atoms with Crippen LogP contribution in [0.25, 0.3) is 33.4 Å². The van der Waals surface area contributed by atoms with Gasteiger partial charge >= 0.3 is 6.09 Å². The molecule has 1 saturated carbocycles. The minimum Gasteiger partial charge on any atom is -0.444 e. The van der Waals surface area contributed by atoms with Crippen LogP contribution in [0.4, 0.5) is 4.79 Å². The Morgan fingerprint density at radius 3 is 2.34 bits per heavy atom. The van der Waals surface area contributed by atoms with Crippen molar-refractivity contribution in [2.24, 2.45) is 7.05 Å². The second kappa shape index (κ2) is 8.68. The number of aryl methyl sites for hydroxylation is 1. The summed E-state index contributed by atoms with van der Waals surface area (Å²) >= 11 is 6.14. The Bertz CT molecular complexity index is 1380. The summed E-state index contributed by atoms with van der Waals surface area (Å²) in [4.78, 5) is 21.3. The Kier molecular flexibility index (Phi) is 5.80. The highest BCUT2D eigenvalue weighted by Gasteiger charge is 2.41. The smallest absolute Gasteiger partial charge is 0.408 e. The van der Waals surface area contributed by atoms with Crippen LogP contribution in [0.15, 0.2) is 60.8 Å². The zero-order valence-electron chi connectivity index (χ0n) is 20.4. The summed E-state index contributed by atoms with van der Waals surface area (Å²) in [5.74, 6) is 0. The Morgan fingerprint density at radius 1 is 1.06 bits per heavy atom. The summed E-state index contributed by atoms with van der Waals surface area (Å²) in [6.07, 6.45) is 4.26. The van der Waals surface area contributed by atoms with Crippen LogP contribution in [0.3, 0.4) is 0 Å². The molecule has 180 valence electrons. The number of alkyl carbamates (subject to hydrolysis) is 1. The monoisotopic (exact) mass is 488 g/mol. The van der Waals surface area contributed by atoms with Gasteiger partial charge in [-0.3, -0.25) is 0 Å². The van der Waals surface area contributed by atoms with E-state index in [1.54, 1.807) is 6.20 Å². The van der Waals surface area contributed by atoms with Crippen molar-refractivity contribution in [1.82, 2.24) is 19.9 Å². The van der Waals surface area contributed by atoms with E-state index in [0.717, 1.165) is 58.2 Å². The van der Waals surface area contributed by atoms with E-state index in [-0.39, 0.29) is 16.9 Å². The highest BCUT2D eigenvalue weighted by molar-refractivity contribution is 6.28. The first-order valence-electron chi connectivity index (χ1n) is 11.9. The molecular weight excluding hydrogens is 460 g/mol. The second-order valence-corrected chi connectivity index (χ2v) is 10.5. The molecule has 0 spiro atoms. The number of hydrogen-bond donors (Lipinski definition) is 1. The largest absolute Gasteiger partial charge is 0.444 e. The lowest BCUT2D eigenvalue weighted by Crippen LogP contribution is -2.52. The van der Waals surface area contributed by atoms with Crippen LogP contribution in [0.2, 0.25) is 5.28 Å². The first kappa shape index (κ1) is 23.4. The van der Waals surface area contributed by atoms with E-state index < -0.39 is 5.60 Å². The van der Waals surface area contributed by atoms with Crippen molar-refractivity contribution in [2.45, 2.75) is 51.2 Å². The van der Waals surface area contributed by atoms with Gasteiger partial charge in [0.1, 0.15) is 11.2 Å². The fraction of sp³-hybridized carbons (Fsp3) is 0.321. The van der Waals surface area contributed by atoms with Crippen LogP contribution < -0.4 is 5.32 Å². The van der Waals surface area contributed by atoms with Crippen molar-refractivity contribution in [1.29, 1.82) is 0 Å². The third-order valence-electron chi connectivity index (χ3n) is 6.62. The number of nitrogens with zero attached hydrogens (tertiary/aromatic N) is 3. The molecule has 2 heterocycles. The van der Waals surface area contributed by atoms with E-state index in [1.807, 2.05) is 46.0 Å². The molecule has 2 aromatic heterocycles. The van der Waals surface area contributed by atoms with E-state index in [4.69, 9.17) is 16.3 Å². The average Bonchev–Trinajstić information content (AvgIpc) is 3.07. The number of nitrogens with one attached hydrogen (secondary N) is 1. The molecule has 0 saturated heterocycles. The Labute approximate surface area is 210 Å². The fourth-order valence-electron chi connectivity index (χ4n) is 4.88. The maximum Gasteiger partial charge on any atom is 0.408 e. The van der Waals surface area contributed by atoms with Gasteiger partial charge in [-0.1, -0.05) is 54.6 Å². The molecule has 2 aromatic carbocycles. The van der Waals surface area contributed by atoms with E-state index in [2.05, 4.69) is 56.3 Å². The molecule has 35 heavy (non-hydrogen) atoms. The predicted molar refractivity (Wildman–Crippen MR) is 139 cm³/mol. The van der Waals surface area contributed by atoms with Gasteiger partial charge in [-0.25, -0.2) is 9.78 Å². The molecule has 1 N–H and O–H groups in total. The lowest BCUT2D eigenvalue weighted by Gasteiger charge is -2.43. The molecule has 0 radical (unpaired) electrons. The molecule has 5 rings (SSSR count). The maximum absolute atomic E-state index is 12.5. The van der Waals surface area contributed by atoms with Crippen LogP contribution in [0.1, 0.15) is 45.6 Å². The number of amides is 1. The van der Waals surface area contributed by atoms with Crippen molar-refractivity contribution in [3.63, 3.8) is 0 Å². The number of halogens is 1.